The van der Waals surface area contributed by atoms with E-state index in [1.807, 2.05) is 24.3 Å². The zero-order valence-corrected chi connectivity index (χ0v) is 19.6. The molecule has 2 aliphatic heterocycles. The lowest BCUT2D eigenvalue weighted by Gasteiger charge is -2.41. The molecule has 1 aliphatic carbocycles. The first-order chi connectivity index (χ1) is 15.5. The molecule has 0 bridgehead atoms. The van der Waals surface area contributed by atoms with Crippen LogP contribution in [0.25, 0.3) is 0 Å². The molecule has 2 aromatic rings. The maximum absolute atomic E-state index is 13.0. The summed E-state index contributed by atoms with van der Waals surface area (Å²) in [6, 6.07) is 9.47. The van der Waals surface area contributed by atoms with Crippen LogP contribution in [-0.4, -0.2) is 32.2 Å². The molecule has 5 nitrogen and oxygen atoms in total. The highest BCUT2D eigenvalue weighted by Crippen LogP contribution is 2.46. The number of carbonyl (C=O) groups excluding carboxylic acids is 1. The molecule has 5 rings (SSSR count). The second-order valence-electron chi connectivity index (χ2n) is 10.1. The molecule has 3 heterocycles. The zero-order valence-electron chi connectivity index (χ0n) is 18.9. The van der Waals surface area contributed by atoms with Crippen LogP contribution in [0.4, 0.5) is 11.4 Å². The van der Waals surface area contributed by atoms with Gasteiger partial charge in [0.25, 0.3) is 5.91 Å². The van der Waals surface area contributed by atoms with Gasteiger partial charge in [-0.25, -0.2) is 0 Å². The lowest BCUT2D eigenvalue weighted by molar-refractivity contribution is 0.0799. The van der Waals surface area contributed by atoms with E-state index in [2.05, 4.69) is 17.1 Å². The van der Waals surface area contributed by atoms with E-state index in [0.29, 0.717) is 22.1 Å². The summed E-state index contributed by atoms with van der Waals surface area (Å²) < 4.78 is 11.4. The molecule has 0 unspecified atom stereocenters. The fourth-order valence-corrected chi connectivity index (χ4v) is 5.43. The molecule has 172 valence electrons. The summed E-state index contributed by atoms with van der Waals surface area (Å²) in [5.74, 6) is 2.26. The number of carbonyl (C=O) groups is 1. The maximum atomic E-state index is 13.0. The van der Waals surface area contributed by atoms with E-state index in [1.54, 1.807) is 6.07 Å². The Morgan fingerprint density at radius 2 is 1.88 bits per heavy atom. The van der Waals surface area contributed by atoms with Crippen LogP contribution in [0.1, 0.15) is 74.1 Å². The third-order valence-electron chi connectivity index (χ3n) is 7.47. The molecular formula is C26H33ClN2O3. The van der Waals surface area contributed by atoms with Crippen molar-refractivity contribution >= 4 is 28.9 Å². The van der Waals surface area contributed by atoms with Crippen LogP contribution < -0.4 is 10.2 Å². The Kier molecular flexibility index (Phi) is 6.22. The fraction of sp³-hybridized carbons (Fsp3) is 0.577. The summed E-state index contributed by atoms with van der Waals surface area (Å²) in [5, 5.41) is 3.67. The summed E-state index contributed by atoms with van der Waals surface area (Å²) in [7, 11) is 0. The van der Waals surface area contributed by atoms with Crippen molar-refractivity contribution in [2.75, 3.05) is 36.5 Å². The Morgan fingerprint density at radius 1 is 1.12 bits per heavy atom. The normalized spacial score (nSPS) is 21.5. The van der Waals surface area contributed by atoms with Crippen LogP contribution >= 0.6 is 11.6 Å². The van der Waals surface area contributed by atoms with Gasteiger partial charge in [0.05, 0.1) is 11.4 Å². The average Bonchev–Trinajstić information content (AvgIpc) is 3.45. The minimum atomic E-state index is -0.234. The van der Waals surface area contributed by atoms with Gasteiger partial charge in [0.2, 0.25) is 0 Å². The third-order valence-corrected chi connectivity index (χ3v) is 7.71. The van der Waals surface area contributed by atoms with Gasteiger partial charge in [-0.1, -0.05) is 31.4 Å². The predicted octanol–water partition coefficient (Wildman–Crippen LogP) is 6.49. The lowest BCUT2D eigenvalue weighted by atomic mass is 9.76. The van der Waals surface area contributed by atoms with Crippen molar-refractivity contribution in [2.24, 2.45) is 11.3 Å². The third kappa shape index (κ3) is 4.99. The van der Waals surface area contributed by atoms with E-state index < -0.39 is 0 Å². The van der Waals surface area contributed by atoms with Crippen molar-refractivity contribution in [1.29, 1.82) is 0 Å². The van der Waals surface area contributed by atoms with E-state index in [1.165, 1.54) is 32.1 Å². The highest BCUT2D eigenvalue weighted by molar-refractivity contribution is 6.31. The molecule has 0 radical (unpaired) electrons. The number of amides is 1. The van der Waals surface area contributed by atoms with Crippen molar-refractivity contribution in [3.05, 3.63) is 46.9 Å². The average molecular weight is 457 g/mol. The van der Waals surface area contributed by atoms with Gasteiger partial charge in [-0.2, -0.15) is 0 Å². The molecule has 3 aliphatic rings. The Labute approximate surface area is 195 Å². The molecule has 2 saturated heterocycles. The summed E-state index contributed by atoms with van der Waals surface area (Å²) in [6.07, 6.45) is 8.42. The topological polar surface area (TPSA) is 54.7 Å². The van der Waals surface area contributed by atoms with E-state index in [-0.39, 0.29) is 5.91 Å². The molecule has 32 heavy (non-hydrogen) atoms. The smallest absolute Gasteiger partial charge is 0.291 e. The molecular weight excluding hydrogens is 424 g/mol. The Balaban J connectivity index is 1.27. The molecule has 0 atom stereocenters. The number of rotatable bonds is 6. The molecule has 1 aromatic carbocycles. The monoisotopic (exact) mass is 456 g/mol. The number of halogens is 1. The van der Waals surface area contributed by atoms with E-state index in [0.717, 1.165) is 62.2 Å². The van der Waals surface area contributed by atoms with Crippen LogP contribution in [0.2, 0.25) is 5.02 Å². The van der Waals surface area contributed by atoms with Gasteiger partial charge in [0.15, 0.2) is 5.76 Å². The van der Waals surface area contributed by atoms with Gasteiger partial charge in [-0.3, -0.25) is 4.79 Å². The van der Waals surface area contributed by atoms with Gasteiger partial charge < -0.3 is 19.4 Å². The van der Waals surface area contributed by atoms with Crippen LogP contribution in [0.3, 0.4) is 0 Å². The maximum Gasteiger partial charge on any atom is 0.291 e. The van der Waals surface area contributed by atoms with Gasteiger partial charge in [0.1, 0.15) is 5.76 Å². The van der Waals surface area contributed by atoms with Gasteiger partial charge in [-0.05, 0) is 73.8 Å². The highest BCUT2D eigenvalue weighted by atomic mass is 35.5. The minimum absolute atomic E-state index is 0.234. The zero-order chi connectivity index (χ0) is 22.1. The van der Waals surface area contributed by atoms with Gasteiger partial charge in [-0.15, -0.1) is 0 Å². The standard InChI is InChI=1S/C26H33ClN2O3/c1-26(17-18-2-3-18)10-12-29(13-11-26)22-5-4-20(27)16-21(22)28-25(30)24-7-6-23(32-24)19-8-14-31-15-9-19/h4-7,16,18-19H,2-3,8-15,17H2,1H3,(H,28,30). The first-order valence-electron chi connectivity index (χ1n) is 12.0. The quantitative estimate of drug-likeness (QED) is 0.540. The summed E-state index contributed by atoms with van der Waals surface area (Å²) >= 11 is 6.30. The molecule has 1 saturated carbocycles. The number of hydrogen-bond acceptors (Lipinski definition) is 4. The predicted molar refractivity (Wildman–Crippen MR) is 128 cm³/mol. The van der Waals surface area contributed by atoms with Crippen LogP contribution in [0.15, 0.2) is 34.7 Å². The Hall–Kier alpha value is -1.98. The number of nitrogens with zero attached hydrogens (tertiary/aromatic N) is 1. The summed E-state index contributed by atoms with van der Waals surface area (Å²) in [6.45, 7) is 5.94. The number of anilines is 2. The van der Waals surface area contributed by atoms with Crippen molar-refractivity contribution < 1.29 is 13.9 Å². The van der Waals surface area contributed by atoms with E-state index in [4.69, 9.17) is 20.8 Å². The number of furan rings is 1. The summed E-state index contributed by atoms with van der Waals surface area (Å²) in [5.41, 5.74) is 2.23. The lowest BCUT2D eigenvalue weighted by Crippen LogP contribution is -2.39. The van der Waals surface area contributed by atoms with Crippen molar-refractivity contribution in [1.82, 2.24) is 0 Å². The van der Waals surface area contributed by atoms with Crippen LogP contribution in [-0.2, 0) is 4.74 Å². The van der Waals surface area contributed by atoms with Gasteiger partial charge >= 0.3 is 0 Å². The van der Waals surface area contributed by atoms with Crippen LogP contribution in [0, 0.1) is 11.3 Å². The summed E-state index contributed by atoms with van der Waals surface area (Å²) in [4.78, 5) is 15.4. The minimum Gasteiger partial charge on any atom is -0.456 e. The van der Waals surface area contributed by atoms with Crippen molar-refractivity contribution in [2.45, 2.75) is 57.8 Å². The molecule has 1 N–H and O–H groups in total. The molecule has 6 heteroatoms. The molecule has 1 aromatic heterocycles. The number of ether oxygens (including phenoxy) is 1. The molecule has 0 spiro atoms. The number of benzene rings is 1. The second kappa shape index (κ2) is 9.11. The van der Waals surface area contributed by atoms with Crippen molar-refractivity contribution in [3.63, 3.8) is 0 Å². The number of nitrogens with one attached hydrogen (secondary N) is 1. The second-order valence-corrected chi connectivity index (χ2v) is 10.6. The Morgan fingerprint density at radius 3 is 2.59 bits per heavy atom. The largest absolute Gasteiger partial charge is 0.456 e. The number of hydrogen-bond donors (Lipinski definition) is 1. The Bertz CT molecular complexity index is 954. The van der Waals surface area contributed by atoms with E-state index >= 15 is 0 Å². The first-order valence-corrected chi connectivity index (χ1v) is 12.4. The fourth-order valence-electron chi connectivity index (χ4n) is 5.25. The van der Waals surface area contributed by atoms with Gasteiger partial charge in [0, 0.05) is 37.2 Å². The van der Waals surface area contributed by atoms with Crippen molar-refractivity contribution in [3.8, 4) is 0 Å². The van der Waals surface area contributed by atoms with E-state index in [9.17, 15) is 4.79 Å². The highest BCUT2D eigenvalue weighted by Gasteiger charge is 2.36. The van der Waals surface area contributed by atoms with Crippen LogP contribution in [0.5, 0.6) is 0 Å². The first kappa shape index (κ1) is 21.8. The molecule has 1 amide bonds. The molecule has 3 fully saturated rings. The SMILES string of the molecule is CC1(CC2CC2)CCN(c2ccc(Cl)cc2NC(=O)c2ccc(C3CCOCC3)o2)CC1. The number of piperidine rings is 1.